The summed E-state index contributed by atoms with van der Waals surface area (Å²) >= 11 is 0. The van der Waals surface area contributed by atoms with Gasteiger partial charge in [0.2, 0.25) is 0 Å². The van der Waals surface area contributed by atoms with Crippen LogP contribution >= 0.6 is 0 Å². The zero-order valence-electron chi connectivity index (χ0n) is 9.47. The summed E-state index contributed by atoms with van der Waals surface area (Å²) in [6, 6.07) is 4.79. The summed E-state index contributed by atoms with van der Waals surface area (Å²) in [5, 5.41) is 8.82. The molecule has 5 nitrogen and oxygen atoms in total. The van der Waals surface area contributed by atoms with E-state index in [1.54, 1.807) is 12.1 Å². The van der Waals surface area contributed by atoms with Crippen LogP contribution in [0.4, 0.5) is 0 Å². The third kappa shape index (κ3) is 2.14. The van der Waals surface area contributed by atoms with E-state index in [9.17, 15) is 9.59 Å². The predicted octanol–water partition coefficient (Wildman–Crippen LogP) is 0.674. The average molecular weight is 235 g/mol. The standard InChI is InChI=1S/C12H13NO4/c1-8(15)9-2-3-11-10(6-9)12(16)13(4-5-14)7-17-11/h2-3,6,14H,4-5,7H2,1H3. The molecule has 1 heterocycles. The molecule has 2 rings (SSSR count). The molecule has 1 amide bonds. The summed E-state index contributed by atoms with van der Waals surface area (Å²) in [5.74, 6) is 0.164. The molecule has 0 saturated carbocycles. The second-order valence-electron chi connectivity index (χ2n) is 3.83. The van der Waals surface area contributed by atoms with Crippen LogP contribution in [0.5, 0.6) is 5.75 Å². The van der Waals surface area contributed by atoms with Crippen molar-refractivity contribution in [3.05, 3.63) is 29.3 Å². The van der Waals surface area contributed by atoms with Gasteiger partial charge in [-0.3, -0.25) is 9.59 Å². The van der Waals surface area contributed by atoms with Gasteiger partial charge in [0.05, 0.1) is 12.2 Å². The number of rotatable bonds is 3. The van der Waals surface area contributed by atoms with Crippen LogP contribution in [0.2, 0.25) is 0 Å². The summed E-state index contributed by atoms with van der Waals surface area (Å²) in [6.07, 6.45) is 0. The Balaban J connectivity index is 2.36. The maximum atomic E-state index is 12.0. The van der Waals surface area contributed by atoms with Crippen LogP contribution in [-0.2, 0) is 0 Å². The summed E-state index contributed by atoms with van der Waals surface area (Å²) in [4.78, 5) is 24.6. The maximum Gasteiger partial charge on any atom is 0.260 e. The molecule has 0 saturated heterocycles. The average Bonchev–Trinajstić information content (AvgIpc) is 2.32. The zero-order valence-corrected chi connectivity index (χ0v) is 9.47. The van der Waals surface area contributed by atoms with Gasteiger partial charge in [0, 0.05) is 12.1 Å². The van der Waals surface area contributed by atoms with Crippen LogP contribution in [0, 0.1) is 0 Å². The van der Waals surface area contributed by atoms with E-state index in [1.165, 1.54) is 17.9 Å². The first kappa shape index (κ1) is 11.6. The Morgan fingerprint density at radius 3 is 2.94 bits per heavy atom. The van der Waals surface area contributed by atoms with Gasteiger partial charge in [0.15, 0.2) is 12.5 Å². The van der Waals surface area contributed by atoms with Crippen molar-refractivity contribution in [2.75, 3.05) is 19.9 Å². The Kier molecular flexibility index (Phi) is 3.10. The molecular weight excluding hydrogens is 222 g/mol. The topological polar surface area (TPSA) is 66.8 Å². The van der Waals surface area contributed by atoms with Crippen molar-refractivity contribution in [3.8, 4) is 5.75 Å². The SMILES string of the molecule is CC(=O)c1ccc2c(c1)C(=O)N(CCO)CO2. The quantitative estimate of drug-likeness (QED) is 0.782. The van der Waals surface area contributed by atoms with E-state index in [4.69, 9.17) is 9.84 Å². The molecule has 0 fully saturated rings. The van der Waals surface area contributed by atoms with Gasteiger partial charge < -0.3 is 14.7 Å². The van der Waals surface area contributed by atoms with Crippen molar-refractivity contribution >= 4 is 11.7 Å². The second kappa shape index (κ2) is 4.55. The van der Waals surface area contributed by atoms with Crippen molar-refractivity contribution < 1.29 is 19.4 Å². The molecule has 17 heavy (non-hydrogen) atoms. The molecule has 5 heteroatoms. The lowest BCUT2D eigenvalue weighted by molar-refractivity contribution is 0.0469. The van der Waals surface area contributed by atoms with E-state index in [2.05, 4.69) is 0 Å². The molecule has 90 valence electrons. The highest BCUT2D eigenvalue weighted by atomic mass is 16.5. The van der Waals surface area contributed by atoms with Gasteiger partial charge in [-0.2, -0.15) is 0 Å². The number of fused-ring (bicyclic) bond motifs is 1. The van der Waals surface area contributed by atoms with E-state index >= 15 is 0 Å². The summed E-state index contributed by atoms with van der Waals surface area (Å²) in [5.41, 5.74) is 0.851. The number of benzene rings is 1. The Morgan fingerprint density at radius 2 is 2.29 bits per heavy atom. The van der Waals surface area contributed by atoms with E-state index in [0.717, 1.165) is 0 Å². The molecule has 0 aliphatic carbocycles. The molecular formula is C12H13NO4. The van der Waals surface area contributed by atoms with Crippen LogP contribution in [0.1, 0.15) is 27.6 Å². The Labute approximate surface area is 98.6 Å². The smallest absolute Gasteiger partial charge is 0.260 e. The van der Waals surface area contributed by atoms with Gasteiger partial charge >= 0.3 is 0 Å². The van der Waals surface area contributed by atoms with Crippen molar-refractivity contribution in [1.82, 2.24) is 4.90 Å². The highest BCUT2D eigenvalue weighted by Crippen LogP contribution is 2.25. The van der Waals surface area contributed by atoms with Gasteiger partial charge in [-0.1, -0.05) is 0 Å². The molecule has 1 N–H and O–H groups in total. The lowest BCUT2D eigenvalue weighted by Crippen LogP contribution is -2.40. The minimum absolute atomic E-state index is 0.0973. The van der Waals surface area contributed by atoms with Crippen LogP contribution in [-0.4, -0.2) is 41.6 Å². The number of aliphatic hydroxyl groups is 1. The maximum absolute atomic E-state index is 12.0. The first-order chi connectivity index (χ1) is 8.13. The zero-order chi connectivity index (χ0) is 12.4. The summed E-state index contributed by atoms with van der Waals surface area (Å²) in [6.45, 7) is 1.69. The number of Topliss-reactive ketones (excluding diaryl/α,β-unsaturated/α-hetero) is 1. The first-order valence-electron chi connectivity index (χ1n) is 5.31. The molecule has 1 aliphatic rings. The molecule has 0 spiro atoms. The van der Waals surface area contributed by atoms with Gasteiger partial charge in [-0.15, -0.1) is 0 Å². The van der Waals surface area contributed by atoms with Crippen LogP contribution in [0.25, 0.3) is 0 Å². The second-order valence-corrected chi connectivity index (χ2v) is 3.83. The Hall–Kier alpha value is -1.88. The molecule has 0 unspecified atom stereocenters. The molecule has 0 radical (unpaired) electrons. The fourth-order valence-corrected chi connectivity index (χ4v) is 1.71. The number of nitrogens with zero attached hydrogens (tertiary/aromatic N) is 1. The highest BCUT2D eigenvalue weighted by Gasteiger charge is 2.25. The monoisotopic (exact) mass is 235 g/mol. The number of ether oxygens (including phenoxy) is 1. The van der Waals surface area contributed by atoms with Crippen LogP contribution in [0.3, 0.4) is 0 Å². The normalized spacial score (nSPS) is 14.2. The molecule has 0 atom stereocenters. The fraction of sp³-hybridized carbons (Fsp3) is 0.333. The Morgan fingerprint density at radius 1 is 1.53 bits per heavy atom. The van der Waals surface area contributed by atoms with Crippen LogP contribution in [0.15, 0.2) is 18.2 Å². The largest absolute Gasteiger partial charge is 0.472 e. The molecule has 1 aromatic rings. The fourth-order valence-electron chi connectivity index (χ4n) is 1.71. The van der Waals surface area contributed by atoms with Gasteiger partial charge in [-0.25, -0.2) is 0 Å². The van der Waals surface area contributed by atoms with Crippen molar-refractivity contribution in [2.24, 2.45) is 0 Å². The number of β-amino-alcohol motifs (C(OH)–C–C–N with tert-alkyl or cyclic N) is 1. The number of carbonyl (C=O) groups excluding carboxylic acids is 2. The summed E-state index contributed by atoms with van der Waals surface area (Å²) < 4.78 is 5.38. The third-order valence-electron chi connectivity index (χ3n) is 2.65. The third-order valence-corrected chi connectivity index (χ3v) is 2.65. The lowest BCUT2D eigenvalue weighted by atomic mass is 10.1. The molecule has 1 aromatic carbocycles. The van der Waals surface area contributed by atoms with Gasteiger partial charge in [0.1, 0.15) is 5.75 Å². The number of carbonyl (C=O) groups is 2. The predicted molar refractivity (Wildman–Crippen MR) is 60.1 cm³/mol. The molecule has 0 bridgehead atoms. The minimum atomic E-state index is -0.219. The first-order valence-corrected chi connectivity index (χ1v) is 5.31. The number of hydrogen-bond donors (Lipinski definition) is 1. The van der Waals surface area contributed by atoms with E-state index in [-0.39, 0.29) is 31.6 Å². The van der Waals surface area contributed by atoms with Gasteiger partial charge in [-0.05, 0) is 25.1 Å². The minimum Gasteiger partial charge on any atom is -0.472 e. The van der Waals surface area contributed by atoms with Gasteiger partial charge in [0.25, 0.3) is 5.91 Å². The van der Waals surface area contributed by atoms with Crippen molar-refractivity contribution in [3.63, 3.8) is 0 Å². The number of ketones is 1. The van der Waals surface area contributed by atoms with Crippen LogP contribution < -0.4 is 4.74 Å². The Bertz CT molecular complexity index is 470. The van der Waals surface area contributed by atoms with E-state index < -0.39 is 0 Å². The van der Waals surface area contributed by atoms with Crippen molar-refractivity contribution in [2.45, 2.75) is 6.92 Å². The summed E-state index contributed by atoms with van der Waals surface area (Å²) in [7, 11) is 0. The van der Waals surface area contributed by atoms with E-state index in [1.807, 2.05) is 0 Å². The van der Waals surface area contributed by atoms with Crippen molar-refractivity contribution in [1.29, 1.82) is 0 Å². The number of hydrogen-bond acceptors (Lipinski definition) is 4. The van der Waals surface area contributed by atoms with E-state index in [0.29, 0.717) is 16.9 Å². The lowest BCUT2D eigenvalue weighted by Gasteiger charge is -2.28. The number of amides is 1. The number of aliphatic hydroxyl groups excluding tert-OH is 1. The highest BCUT2D eigenvalue weighted by molar-refractivity contribution is 6.02. The molecule has 1 aliphatic heterocycles. The molecule has 0 aromatic heterocycles.